The van der Waals surface area contributed by atoms with E-state index in [4.69, 9.17) is 9.47 Å². The monoisotopic (exact) mass is 280 g/mol. The molecule has 1 aliphatic rings. The van der Waals surface area contributed by atoms with Crippen LogP contribution in [0.15, 0.2) is 23.2 Å². The van der Waals surface area contributed by atoms with E-state index in [1.54, 1.807) is 37.1 Å². The number of amidine groups is 1. The fourth-order valence-electron chi connectivity index (χ4n) is 1.66. The van der Waals surface area contributed by atoms with Crippen LogP contribution < -0.4 is 14.8 Å². The average Bonchev–Trinajstić information content (AvgIpc) is 2.92. The zero-order chi connectivity index (χ0) is 13.7. The highest BCUT2D eigenvalue weighted by Gasteiger charge is 2.14. The first-order valence-electron chi connectivity index (χ1n) is 6.04. The molecule has 5 nitrogen and oxygen atoms in total. The number of nitrogens with one attached hydrogen (secondary N) is 1. The van der Waals surface area contributed by atoms with Gasteiger partial charge in [-0.05, 0) is 25.1 Å². The summed E-state index contributed by atoms with van der Waals surface area (Å²) in [5.74, 6) is 1.92. The average molecular weight is 280 g/mol. The molecule has 0 unspecified atom stereocenters. The molecule has 0 saturated heterocycles. The van der Waals surface area contributed by atoms with Crippen molar-refractivity contribution in [2.45, 2.75) is 6.92 Å². The number of amides is 1. The van der Waals surface area contributed by atoms with E-state index >= 15 is 0 Å². The summed E-state index contributed by atoms with van der Waals surface area (Å²) in [5.41, 5.74) is 0.524. The predicted molar refractivity (Wildman–Crippen MR) is 76.4 cm³/mol. The van der Waals surface area contributed by atoms with Gasteiger partial charge in [0.15, 0.2) is 16.7 Å². The zero-order valence-electron chi connectivity index (χ0n) is 10.9. The summed E-state index contributed by atoms with van der Waals surface area (Å²) in [5, 5.41) is 3.45. The third kappa shape index (κ3) is 3.41. The van der Waals surface area contributed by atoms with E-state index < -0.39 is 0 Å². The SMILES string of the molecule is CCOc1ccc(C(=O)NC2=NCCS2)cc1OC. The molecular weight excluding hydrogens is 264 g/mol. The Labute approximate surface area is 116 Å². The molecule has 102 valence electrons. The van der Waals surface area contributed by atoms with Crippen molar-refractivity contribution in [3.63, 3.8) is 0 Å². The van der Waals surface area contributed by atoms with Crippen LogP contribution in [0.5, 0.6) is 11.5 Å². The first-order chi connectivity index (χ1) is 9.24. The summed E-state index contributed by atoms with van der Waals surface area (Å²) >= 11 is 1.55. The molecule has 0 spiro atoms. The number of hydrogen-bond acceptors (Lipinski definition) is 5. The van der Waals surface area contributed by atoms with Gasteiger partial charge in [-0.15, -0.1) is 0 Å². The minimum absolute atomic E-state index is 0.186. The number of carbonyl (C=O) groups is 1. The first-order valence-corrected chi connectivity index (χ1v) is 7.02. The van der Waals surface area contributed by atoms with Crippen molar-refractivity contribution in [3.8, 4) is 11.5 Å². The lowest BCUT2D eigenvalue weighted by Crippen LogP contribution is -2.27. The Hall–Kier alpha value is -1.69. The maximum absolute atomic E-state index is 12.0. The van der Waals surface area contributed by atoms with Crippen molar-refractivity contribution in [2.75, 3.05) is 26.0 Å². The number of hydrogen-bond donors (Lipinski definition) is 1. The van der Waals surface area contributed by atoms with Crippen LogP contribution in [-0.2, 0) is 0 Å². The summed E-state index contributed by atoms with van der Waals surface area (Å²) < 4.78 is 10.6. The second-order valence-corrected chi connectivity index (χ2v) is 4.87. The van der Waals surface area contributed by atoms with Gasteiger partial charge in [0.05, 0.1) is 20.3 Å². The first kappa shape index (κ1) is 13.7. The Bertz CT molecular complexity index is 503. The van der Waals surface area contributed by atoms with E-state index in [9.17, 15) is 4.79 Å². The number of nitrogens with zero attached hydrogens (tertiary/aromatic N) is 1. The fraction of sp³-hybridized carbons (Fsp3) is 0.385. The van der Waals surface area contributed by atoms with Crippen LogP contribution in [0.4, 0.5) is 0 Å². The van der Waals surface area contributed by atoms with E-state index in [0.717, 1.165) is 12.3 Å². The standard InChI is InChI=1S/C13H16N2O3S/c1-3-18-10-5-4-9(8-11(10)17-2)12(16)15-13-14-6-7-19-13/h4-5,8H,3,6-7H2,1-2H3,(H,14,15,16). The van der Waals surface area contributed by atoms with Gasteiger partial charge >= 0.3 is 0 Å². The highest BCUT2D eigenvalue weighted by atomic mass is 32.2. The van der Waals surface area contributed by atoms with E-state index in [1.807, 2.05) is 6.92 Å². The third-order valence-corrected chi connectivity index (χ3v) is 3.42. The summed E-state index contributed by atoms with van der Waals surface area (Å²) in [7, 11) is 1.55. The lowest BCUT2D eigenvalue weighted by atomic mass is 10.2. The number of thioether (sulfide) groups is 1. The van der Waals surface area contributed by atoms with Gasteiger partial charge in [0.1, 0.15) is 0 Å². The van der Waals surface area contributed by atoms with Crippen LogP contribution >= 0.6 is 11.8 Å². The number of rotatable bonds is 4. The maximum atomic E-state index is 12.0. The van der Waals surface area contributed by atoms with Gasteiger partial charge in [-0.3, -0.25) is 9.79 Å². The maximum Gasteiger partial charge on any atom is 0.257 e. The van der Waals surface area contributed by atoms with Crippen LogP contribution in [-0.4, -0.2) is 37.1 Å². The molecular formula is C13H16N2O3S. The van der Waals surface area contributed by atoms with Gasteiger partial charge in [0.2, 0.25) is 0 Å². The van der Waals surface area contributed by atoms with Crippen LogP contribution in [0.2, 0.25) is 0 Å². The van der Waals surface area contributed by atoms with Crippen molar-refractivity contribution in [1.29, 1.82) is 0 Å². The molecule has 0 aliphatic carbocycles. The number of ether oxygens (including phenoxy) is 2. The van der Waals surface area contributed by atoms with Gasteiger partial charge in [-0.1, -0.05) is 11.8 Å². The van der Waals surface area contributed by atoms with Crippen LogP contribution in [0.3, 0.4) is 0 Å². The highest BCUT2D eigenvalue weighted by molar-refractivity contribution is 8.14. The van der Waals surface area contributed by atoms with Gasteiger partial charge in [-0.2, -0.15) is 0 Å². The fourth-order valence-corrected chi connectivity index (χ4v) is 2.39. The summed E-state index contributed by atoms with van der Waals surface area (Å²) in [4.78, 5) is 16.2. The van der Waals surface area contributed by atoms with E-state index in [1.165, 1.54) is 0 Å². The molecule has 1 aromatic rings. The molecule has 0 radical (unpaired) electrons. The minimum Gasteiger partial charge on any atom is -0.493 e. The third-order valence-electron chi connectivity index (χ3n) is 2.53. The molecule has 1 heterocycles. The molecule has 1 aliphatic heterocycles. The Morgan fingerprint density at radius 3 is 2.95 bits per heavy atom. The summed E-state index contributed by atoms with van der Waals surface area (Å²) in [6.45, 7) is 3.21. The molecule has 0 bridgehead atoms. The highest BCUT2D eigenvalue weighted by Crippen LogP contribution is 2.28. The lowest BCUT2D eigenvalue weighted by molar-refractivity contribution is 0.0977. The smallest absolute Gasteiger partial charge is 0.257 e. The molecule has 1 aromatic carbocycles. The molecule has 1 N–H and O–H groups in total. The molecule has 2 rings (SSSR count). The number of aliphatic imine (C=N–C) groups is 1. The predicted octanol–water partition coefficient (Wildman–Crippen LogP) is 1.93. The Balaban J connectivity index is 2.13. The van der Waals surface area contributed by atoms with Gasteiger partial charge in [0, 0.05) is 11.3 Å². The quantitative estimate of drug-likeness (QED) is 0.915. The van der Waals surface area contributed by atoms with E-state index in [2.05, 4.69) is 10.3 Å². The van der Waals surface area contributed by atoms with Crippen molar-refractivity contribution in [2.24, 2.45) is 4.99 Å². The van der Waals surface area contributed by atoms with Gasteiger partial charge < -0.3 is 14.8 Å². The van der Waals surface area contributed by atoms with E-state index in [0.29, 0.717) is 28.8 Å². The number of carbonyl (C=O) groups excluding carboxylic acids is 1. The minimum atomic E-state index is -0.186. The largest absolute Gasteiger partial charge is 0.493 e. The van der Waals surface area contributed by atoms with Gasteiger partial charge in [0.25, 0.3) is 5.91 Å². The normalized spacial score (nSPS) is 13.9. The van der Waals surface area contributed by atoms with E-state index in [-0.39, 0.29) is 5.91 Å². The number of benzene rings is 1. The molecule has 0 atom stereocenters. The Morgan fingerprint density at radius 1 is 1.47 bits per heavy atom. The van der Waals surface area contributed by atoms with Gasteiger partial charge in [-0.25, -0.2) is 0 Å². The zero-order valence-corrected chi connectivity index (χ0v) is 11.8. The van der Waals surface area contributed by atoms with Crippen LogP contribution in [0.25, 0.3) is 0 Å². The van der Waals surface area contributed by atoms with Crippen molar-refractivity contribution >= 4 is 22.8 Å². The molecule has 0 aromatic heterocycles. The second-order valence-electron chi connectivity index (χ2n) is 3.79. The Morgan fingerprint density at radius 2 is 2.32 bits per heavy atom. The molecule has 0 saturated carbocycles. The number of methoxy groups -OCH3 is 1. The summed E-state index contributed by atoms with van der Waals surface area (Å²) in [6, 6.07) is 5.12. The topological polar surface area (TPSA) is 59.9 Å². The van der Waals surface area contributed by atoms with Crippen molar-refractivity contribution < 1.29 is 14.3 Å². The lowest BCUT2D eigenvalue weighted by Gasteiger charge is -2.11. The molecule has 19 heavy (non-hydrogen) atoms. The molecule has 1 amide bonds. The molecule has 0 fully saturated rings. The molecule has 6 heteroatoms. The van der Waals surface area contributed by atoms with Crippen LogP contribution in [0.1, 0.15) is 17.3 Å². The van der Waals surface area contributed by atoms with Crippen molar-refractivity contribution in [1.82, 2.24) is 5.32 Å². The van der Waals surface area contributed by atoms with Crippen LogP contribution in [0, 0.1) is 0 Å². The van der Waals surface area contributed by atoms with Crippen molar-refractivity contribution in [3.05, 3.63) is 23.8 Å². The summed E-state index contributed by atoms with van der Waals surface area (Å²) in [6.07, 6.45) is 0. The Kier molecular flexibility index (Phi) is 4.68. The second kappa shape index (κ2) is 6.47.